The molecule has 0 saturated heterocycles. The molecule has 0 heterocycles. The fraction of sp³-hybridized carbons (Fsp3) is 0.519. The number of rotatable bonds is 6. The van der Waals surface area contributed by atoms with Crippen LogP contribution in [0.1, 0.15) is 84.4 Å². The van der Waals surface area contributed by atoms with Gasteiger partial charge in [-0.3, -0.25) is 4.79 Å². The number of hydrogen-bond acceptors (Lipinski definition) is 4. The molecule has 2 N–H and O–H groups in total. The molecule has 172 valence electrons. The fourth-order valence-corrected chi connectivity index (χ4v) is 3.06. The summed E-state index contributed by atoms with van der Waals surface area (Å²) in [5, 5.41) is 19.3. The first-order chi connectivity index (χ1) is 14.4. The van der Waals surface area contributed by atoms with E-state index in [0.717, 1.165) is 29.5 Å². The standard InChI is InChI=1S/C21H34O3.C6H6O/c1-8-9-12-24-18(22)11-10-15-13-16(20(2,3)4)19(23)17(14-15)21(5,6)7;7-6-4-2-1-3-5-6/h13-14,23H,8-12H2,1-7H3;1-5,7H. The molecule has 0 aliphatic heterocycles. The Kier molecular flexibility index (Phi) is 10.1. The van der Waals surface area contributed by atoms with Crippen LogP contribution in [0.4, 0.5) is 0 Å². The summed E-state index contributed by atoms with van der Waals surface area (Å²) in [6.07, 6.45) is 2.95. The molecule has 0 bridgehead atoms. The molecule has 0 aliphatic carbocycles. The Hall–Kier alpha value is -2.49. The van der Waals surface area contributed by atoms with Crippen LogP contribution in [0.15, 0.2) is 42.5 Å². The van der Waals surface area contributed by atoms with Crippen molar-refractivity contribution in [2.75, 3.05) is 6.61 Å². The Morgan fingerprint density at radius 1 is 0.903 bits per heavy atom. The predicted octanol–water partition coefficient (Wildman–Crippen LogP) is 6.66. The molecule has 0 radical (unpaired) electrons. The number of para-hydroxylation sites is 1. The van der Waals surface area contributed by atoms with Crippen LogP contribution in [0.2, 0.25) is 0 Å². The number of aryl methyl sites for hydroxylation is 1. The Morgan fingerprint density at radius 2 is 1.42 bits per heavy atom. The molecule has 0 unspecified atom stereocenters. The van der Waals surface area contributed by atoms with Crippen LogP contribution in [0.3, 0.4) is 0 Å². The highest BCUT2D eigenvalue weighted by Gasteiger charge is 2.26. The first-order valence-corrected chi connectivity index (χ1v) is 11.1. The van der Waals surface area contributed by atoms with Gasteiger partial charge in [0, 0.05) is 6.42 Å². The van der Waals surface area contributed by atoms with E-state index >= 15 is 0 Å². The highest BCUT2D eigenvalue weighted by molar-refractivity contribution is 5.69. The van der Waals surface area contributed by atoms with Crippen molar-refractivity contribution in [3.63, 3.8) is 0 Å². The molecule has 0 aromatic heterocycles. The van der Waals surface area contributed by atoms with Crippen molar-refractivity contribution in [3.05, 3.63) is 59.2 Å². The number of carbonyl (C=O) groups excluding carboxylic acids is 1. The third-order valence-electron chi connectivity index (χ3n) is 4.92. The Labute approximate surface area is 188 Å². The van der Waals surface area contributed by atoms with Crippen LogP contribution in [0.5, 0.6) is 11.5 Å². The number of esters is 1. The highest BCUT2D eigenvalue weighted by Crippen LogP contribution is 2.39. The van der Waals surface area contributed by atoms with Crippen molar-refractivity contribution in [2.45, 2.75) is 85.0 Å². The molecule has 0 aliphatic rings. The molecule has 0 spiro atoms. The minimum atomic E-state index is -0.151. The molecule has 2 aromatic carbocycles. The second kappa shape index (κ2) is 11.8. The van der Waals surface area contributed by atoms with Crippen molar-refractivity contribution >= 4 is 5.97 Å². The zero-order valence-corrected chi connectivity index (χ0v) is 20.3. The van der Waals surface area contributed by atoms with E-state index in [-0.39, 0.29) is 16.8 Å². The van der Waals surface area contributed by atoms with Crippen molar-refractivity contribution < 1.29 is 19.7 Å². The summed E-state index contributed by atoms with van der Waals surface area (Å²) in [4.78, 5) is 11.9. The summed E-state index contributed by atoms with van der Waals surface area (Å²) in [5.41, 5.74) is 2.65. The smallest absolute Gasteiger partial charge is 0.306 e. The average molecular weight is 429 g/mol. The number of phenols is 2. The summed E-state index contributed by atoms with van der Waals surface area (Å²) >= 11 is 0. The van der Waals surface area contributed by atoms with Crippen LogP contribution >= 0.6 is 0 Å². The van der Waals surface area contributed by atoms with Gasteiger partial charge in [0.25, 0.3) is 0 Å². The molecule has 4 nitrogen and oxygen atoms in total. The van der Waals surface area contributed by atoms with Crippen molar-refractivity contribution in [1.82, 2.24) is 0 Å². The van der Waals surface area contributed by atoms with Crippen molar-refractivity contribution in [2.24, 2.45) is 0 Å². The fourth-order valence-electron chi connectivity index (χ4n) is 3.06. The van der Waals surface area contributed by atoms with Gasteiger partial charge in [-0.25, -0.2) is 0 Å². The number of carbonyl (C=O) groups is 1. The summed E-state index contributed by atoms with van der Waals surface area (Å²) in [6, 6.07) is 12.8. The lowest BCUT2D eigenvalue weighted by atomic mass is 9.78. The van der Waals surface area contributed by atoms with E-state index in [2.05, 4.69) is 48.5 Å². The van der Waals surface area contributed by atoms with Gasteiger partial charge in [-0.05, 0) is 52.5 Å². The quantitative estimate of drug-likeness (QED) is 0.399. The van der Waals surface area contributed by atoms with Crippen LogP contribution < -0.4 is 0 Å². The van der Waals surface area contributed by atoms with Gasteiger partial charge in [0.15, 0.2) is 0 Å². The third kappa shape index (κ3) is 9.46. The number of aromatic hydroxyl groups is 2. The van der Waals surface area contributed by atoms with Crippen LogP contribution in [-0.4, -0.2) is 22.8 Å². The van der Waals surface area contributed by atoms with E-state index < -0.39 is 0 Å². The minimum Gasteiger partial charge on any atom is -0.508 e. The van der Waals surface area contributed by atoms with Gasteiger partial charge in [0.1, 0.15) is 11.5 Å². The summed E-state index contributed by atoms with van der Waals surface area (Å²) in [6.45, 7) is 15.1. The Morgan fingerprint density at radius 3 is 1.81 bits per heavy atom. The lowest BCUT2D eigenvalue weighted by molar-refractivity contribution is -0.143. The molecule has 0 atom stereocenters. The average Bonchev–Trinajstić information content (AvgIpc) is 2.66. The van der Waals surface area contributed by atoms with Crippen molar-refractivity contribution in [1.29, 1.82) is 0 Å². The van der Waals surface area contributed by atoms with Gasteiger partial charge in [0.05, 0.1) is 6.61 Å². The summed E-state index contributed by atoms with van der Waals surface area (Å²) < 4.78 is 5.23. The maximum atomic E-state index is 11.9. The number of benzene rings is 2. The number of ether oxygens (including phenoxy) is 1. The van der Waals surface area contributed by atoms with Crippen LogP contribution in [-0.2, 0) is 26.8 Å². The van der Waals surface area contributed by atoms with E-state index in [1.165, 1.54) is 0 Å². The van der Waals surface area contributed by atoms with Gasteiger partial charge in [-0.15, -0.1) is 0 Å². The second-order valence-corrected chi connectivity index (χ2v) is 9.95. The molecule has 0 saturated carbocycles. The molecule has 31 heavy (non-hydrogen) atoms. The van der Waals surface area contributed by atoms with E-state index in [9.17, 15) is 9.90 Å². The Balaban J connectivity index is 0.000000577. The normalized spacial score (nSPS) is 11.5. The number of unbranched alkanes of at least 4 members (excludes halogenated alkanes) is 1. The second-order valence-electron chi connectivity index (χ2n) is 9.95. The van der Waals surface area contributed by atoms with Gasteiger partial charge >= 0.3 is 5.97 Å². The van der Waals surface area contributed by atoms with Crippen LogP contribution in [0.25, 0.3) is 0 Å². The molecule has 2 rings (SSSR count). The van der Waals surface area contributed by atoms with E-state index in [4.69, 9.17) is 9.84 Å². The molecular formula is C27H40O4. The van der Waals surface area contributed by atoms with E-state index in [1.807, 2.05) is 18.2 Å². The predicted molar refractivity (Wildman–Crippen MR) is 128 cm³/mol. The third-order valence-corrected chi connectivity index (χ3v) is 4.92. The van der Waals surface area contributed by atoms with E-state index in [1.54, 1.807) is 24.3 Å². The lowest BCUT2D eigenvalue weighted by Gasteiger charge is -2.28. The maximum Gasteiger partial charge on any atom is 0.306 e. The number of hydrogen-bond donors (Lipinski definition) is 2. The number of phenolic OH excluding ortho intramolecular Hbond substituents is 2. The van der Waals surface area contributed by atoms with E-state index in [0.29, 0.717) is 30.9 Å². The minimum absolute atomic E-state index is 0.147. The topological polar surface area (TPSA) is 66.8 Å². The zero-order valence-electron chi connectivity index (χ0n) is 20.3. The monoisotopic (exact) mass is 428 g/mol. The van der Waals surface area contributed by atoms with Crippen LogP contribution in [0, 0.1) is 0 Å². The van der Waals surface area contributed by atoms with Gasteiger partial charge in [0.2, 0.25) is 0 Å². The first-order valence-electron chi connectivity index (χ1n) is 11.1. The molecule has 0 fully saturated rings. The SMILES string of the molecule is CCCCOC(=O)CCc1cc(C(C)(C)C)c(O)c(C(C)(C)C)c1.Oc1ccccc1. The zero-order chi connectivity index (χ0) is 23.7. The summed E-state index contributed by atoms with van der Waals surface area (Å²) in [5.74, 6) is 0.554. The van der Waals surface area contributed by atoms with Gasteiger partial charge < -0.3 is 14.9 Å². The van der Waals surface area contributed by atoms with Gasteiger partial charge in [-0.1, -0.05) is 85.2 Å². The summed E-state index contributed by atoms with van der Waals surface area (Å²) in [7, 11) is 0. The maximum absolute atomic E-state index is 11.9. The first kappa shape index (κ1) is 26.5. The largest absolute Gasteiger partial charge is 0.508 e. The molecular weight excluding hydrogens is 388 g/mol. The lowest BCUT2D eigenvalue weighted by Crippen LogP contribution is -2.18. The highest BCUT2D eigenvalue weighted by atomic mass is 16.5. The molecule has 4 heteroatoms. The Bertz CT molecular complexity index is 776. The van der Waals surface area contributed by atoms with Gasteiger partial charge in [-0.2, -0.15) is 0 Å². The van der Waals surface area contributed by atoms with Crippen molar-refractivity contribution in [3.8, 4) is 11.5 Å². The molecule has 0 amide bonds. The molecule has 2 aromatic rings.